The number of anilines is 1. The molecular formula is C15H24N2O. The molecule has 3 heteroatoms. The van der Waals surface area contributed by atoms with E-state index in [1.165, 1.54) is 18.4 Å². The molecule has 0 saturated carbocycles. The van der Waals surface area contributed by atoms with Gasteiger partial charge in [-0.1, -0.05) is 32.4 Å². The average Bonchev–Trinajstić information content (AvgIpc) is 2.37. The molecule has 0 radical (unpaired) electrons. The maximum absolute atomic E-state index is 11.6. The van der Waals surface area contributed by atoms with Gasteiger partial charge < -0.3 is 11.1 Å². The zero-order valence-corrected chi connectivity index (χ0v) is 11.4. The number of nitrogens with one attached hydrogen (secondary N) is 1. The summed E-state index contributed by atoms with van der Waals surface area (Å²) in [6, 6.07) is 8.02. The Labute approximate surface area is 110 Å². The van der Waals surface area contributed by atoms with Gasteiger partial charge in [0.25, 0.3) is 0 Å². The van der Waals surface area contributed by atoms with E-state index in [-0.39, 0.29) is 11.9 Å². The predicted molar refractivity (Wildman–Crippen MR) is 76.6 cm³/mol. The maximum Gasteiger partial charge on any atom is 0.225 e. The van der Waals surface area contributed by atoms with Crippen LogP contribution in [-0.4, -0.2) is 11.9 Å². The zero-order valence-electron chi connectivity index (χ0n) is 11.4. The smallest absolute Gasteiger partial charge is 0.225 e. The van der Waals surface area contributed by atoms with Crippen molar-refractivity contribution in [2.24, 2.45) is 5.73 Å². The third kappa shape index (κ3) is 5.32. The average molecular weight is 248 g/mol. The molecule has 0 aliphatic rings. The van der Waals surface area contributed by atoms with Crippen LogP contribution in [-0.2, 0) is 11.2 Å². The highest BCUT2D eigenvalue weighted by Gasteiger charge is 2.07. The lowest BCUT2D eigenvalue weighted by atomic mass is 10.1. The number of aryl methyl sites for hydroxylation is 1. The SMILES string of the molecule is CCCCc1ccc(NC(=O)CC(N)CC)cc1. The molecule has 1 aromatic rings. The van der Waals surface area contributed by atoms with Gasteiger partial charge in [0, 0.05) is 18.2 Å². The summed E-state index contributed by atoms with van der Waals surface area (Å²) in [6.07, 6.45) is 4.72. The molecule has 0 heterocycles. The van der Waals surface area contributed by atoms with Crippen LogP contribution in [0.25, 0.3) is 0 Å². The molecule has 1 atom stereocenters. The second kappa shape index (κ2) is 7.88. The Morgan fingerprint density at radius 2 is 1.94 bits per heavy atom. The lowest BCUT2D eigenvalue weighted by Crippen LogP contribution is -2.26. The van der Waals surface area contributed by atoms with Crippen molar-refractivity contribution in [1.29, 1.82) is 0 Å². The largest absolute Gasteiger partial charge is 0.327 e. The molecule has 1 amide bonds. The first-order chi connectivity index (χ1) is 8.65. The summed E-state index contributed by atoms with van der Waals surface area (Å²) >= 11 is 0. The van der Waals surface area contributed by atoms with Gasteiger partial charge in [-0.3, -0.25) is 4.79 Å². The molecular weight excluding hydrogens is 224 g/mol. The molecule has 0 aromatic heterocycles. The third-order valence-corrected chi connectivity index (χ3v) is 3.03. The Hall–Kier alpha value is -1.35. The van der Waals surface area contributed by atoms with Crippen molar-refractivity contribution in [2.45, 2.75) is 52.0 Å². The summed E-state index contributed by atoms with van der Waals surface area (Å²) in [4.78, 5) is 11.6. The summed E-state index contributed by atoms with van der Waals surface area (Å²) in [5, 5.41) is 2.87. The van der Waals surface area contributed by atoms with Crippen molar-refractivity contribution in [3.63, 3.8) is 0 Å². The van der Waals surface area contributed by atoms with Crippen molar-refractivity contribution in [3.05, 3.63) is 29.8 Å². The summed E-state index contributed by atoms with van der Waals surface area (Å²) in [6.45, 7) is 4.17. The normalized spacial score (nSPS) is 12.2. The first-order valence-corrected chi connectivity index (χ1v) is 6.80. The van der Waals surface area contributed by atoms with Gasteiger partial charge in [-0.25, -0.2) is 0 Å². The van der Waals surface area contributed by atoms with Gasteiger partial charge in [-0.15, -0.1) is 0 Å². The molecule has 100 valence electrons. The van der Waals surface area contributed by atoms with Crippen molar-refractivity contribution < 1.29 is 4.79 Å². The van der Waals surface area contributed by atoms with Gasteiger partial charge >= 0.3 is 0 Å². The van der Waals surface area contributed by atoms with Crippen LogP contribution in [0, 0.1) is 0 Å². The Bertz CT molecular complexity index is 359. The number of amides is 1. The fourth-order valence-corrected chi connectivity index (χ4v) is 1.73. The molecule has 3 N–H and O–H groups in total. The van der Waals surface area contributed by atoms with E-state index in [9.17, 15) is 4.79 Å². The van der Waals surface area contributed by atoms with Crippen LogP contribution in [0.15, 0.2) is 24.3 Å². The third-order valence-electron chi connectivity index (χ3n) is 3.03. The Morgan fingerprint density at radius 3 is 2.50 bits per heavy atom. The lowest BCUT2D eigenvalue weighted by molar-refractivity contribution is -0.116. The molecule has 0 spiro atoms. The van der Waals surface area contributed by atoms with E-state index in [0.29, 0.717) is 6.42 Å². The zero-order chi connectivity index (χ0) is 13.4. The van der Waals surface area contributed by atoms with Gasteiger partial charge in [0.1, 0.15) is 0 Å². The molecule has 1 rings (SSSR count). The van der Waals surface area contributed by atoms with E-state index in [1.54, 1.807) is 0 Å². The number of hydrogen-bond donors (Lipinski definition) is 2. The van der Waals surface area contributed by atoms with Crippen molar-refractivity contribution in [2.75, 3.05) is 5.32 Å². The van der Waals surface area contributed by atoms with E-state index in [1.807, 2.05) is 19.1 Å². The van der Waals surface area contributed by atoms with E-state index in [2.05, 4.69) is 24.4 Å². The molecule has 1 aromatic carbocycles. The summed E-state index contributed by atoms with van der Waals surface area (Å²) < 4.78 is 0. The standard InChI is InChI=1S/C15H24N2O/c1-3-5-6-12-7-9-14(10-8-12)17-15(18)11-13(16)4-2/h7-10,13H,3-6,11,16H2,1-2H3,(H,17,18). The minimum atomic E-state index is -0.0474. The Morgan fingerprint density at radius 1 is 1.28 bits per heavy atom. The number of rotatable bonds is 7. The molecule has 18 heavy (non-hydrogen) atoms. The van der Waals surface area contributed by atoms with Crippen LogP contribution >= 0.6 is 0 Å². The number of benzene rings is 1. The van der Waals surface area contributed by atoms with E-state index in [0.717, 1.165) is 18.5 Å². The summed E-state index contributed by atoms with van der Waals surface area (Å²) in [5.41, 5.74) is 7.92. The van der Waals surface area contributed by atoms with Crippen LogP contribution < -0.4 is 11.1 Å². The van der Waals surface area contributed by atoms with Crippen molar-refractivity contribution in [1.82, 2.24) is 0 Å². The maximum atomic E-state index is 11.6. The van der Waals surface area contributed by atoms with Crippen molar-refractivity contribution >= 4 is 11.6 Å². The van der Waals surface area contributed by atoms with Gasteiger partial charge in [-0.05, 0) is 37.0 Å². The highest BCUT2D eigenvalue weighted by atomic mass is 16.1. The van der Waals surface area contributed by atoms with Crippen LogP contribution in [0.2, 0.25) is 0 Å². The number of nitrogens with two attached hydrogens (primary N) is 1. The van der Waals surface area contributed by atoms with Gasteiger partial charge in [-0.2, -0.15) is 0 Å². The monoisotopic (exact) mass is 248 g/mol. The Kier molecular flexibility index (Phi) is 6.44. The van der Waals surface area contributed by atoms with Crippen molar-refractivity contribution in [3.8, 4) is 0 Å². The minimum absolute atomic E-state index is 0.00865. The van der Waals surface area contributed by atoms with Crippen LogP contribution in [0.5, 0.6) is 0 Å². The number of carbonyl (C=O) groups is 1. The highest BCUT2D eigenvalue weighted by molar-refractivity contribution is 5.91. The highest BCUT2D eigenvalue weighted by Crippen LogP contribution is 2.12. The second-order valence-corrected chi connectivity index (χ2v) is 4.72. The fourth-order valence-electron chi connectivity index (χ4n) is 1.73. The molecule has 0 aliphatic heterocycles. The van der Waals surface area contributed by atoms with Gasteiger partial charge in [0.05, 0.1) is 0 Å². The molecule has 0 aliphatic carbocycles. The second-order valence-electron chi connectivity index (χ2n) is 4.72. The van der Waals surface area contributed by atoms with Gasteiger partial charge in [0.2, 0.25) is 5.91 Å². The topological polar surface area (TPSA) is 55.1 Å². The van der Waals surface area contributed by atoms with Crippen LogP contribution in [0.3, 0.4) is 0 Å². The summed E-state index contributed by atoms with van der Waals surface area (Å²) in [5.74, 6) is -0.00865. The van der Waals surface area contributed by atoms with E-state index < -0.39 is 0 Å². The van der Waals surface area contributed by atoms with Gasteiger partial charge in [0.15, 0.2) is 0 Å². The first-order valence-electron chi connectivity index (χ1n) is 6.80. The molecule has 0 bridgehead atoms. The molecule has 0 fully saturated rings. The number of hydrogen-bond acceptors (Lipinski definition) is 2. The quantitative estimate of drug-likeness (QED) is 0.779. The minimum Gasteiger partial charge on any atom is -0.327 e. The number of carbonyl (C=O) groups excluding carboxylic acids is 1. The summed E-state index contributed by atoms with van der Waals surface area (Å²) in [7, 11) is 0. The van der Waals surface area contributed by atoms with E-state index >= 15 is 0 Å². The molecule has 3 nitrogen and oxygen atoms in total. The lowest BCUT2D eigenvalue weighted by Gasteiger charge is -2.09. The molecule has 0 saturated heterocycles. The Balaban J connectivity index is 2.45. The fraction of sp³-hybridized carbons (Fsp3) is 0.533. The molecule has 1 unspecified atom stereocenters. The van der Waals surface area contributed by atoms with Crippen LogP contribution in [0.1, 0.15) is 45.1 Å². The van der Waals surface area contributed by atoms with Crippen LogP contribution in [0.4, 0.5) is 5.69 Å². The first kappa shape index (κ1) is 14.7. The predicted octanol–water partition coefficient (Wildman–Crippen LogP) is 3.10. The number of unbranched alkanes of at least 4 members (excludes halogenated alkanes) is 1. The van der Waals surface area contributed by atoms with E-state index in [4.69, 9.17) is 5.73 Å².